The van der Waals surface area contributed by atoms with Crippen LogP contribution in [0.25, 0.3) is 28.0 Å². The molecule has 0 bridgehead atoms. The monoisotopic (exact) mass is 436 g/mol. The van der Waals surface area contributed by atoms with E-state index in [4.69, 9.17) is 23.4 Å². The number of methoxy groups -OCH3 is 2. The van der Waals surface area contributed by atoms with Crippen molar-refractivity contribution in [1.82, 2.24) is 0 Å². The first-order valence-corrected chi connectivity index (χ1v) is 9.92. The van der Waals surface area contributed by atoms with Gasteiger partial charge in [-0.1, -0.05) is 32.0 Å². The number of hydrogen-bond donors (Lipinski definition) is 1. The number of rotatable bonds is 5. The zero-order valence-electron chi connectivity index (χ0n) is 18.2. The fourth-order valence-electron chi connectivity index (χ4n) is 3.21. The molecule has 0 amide bonds. The van der Waals surface area contributed by atoms with E-state index in [9.17, 15) is 9.59 Å². The lowest BCUT2D eigenvalue weighted by atomic mass is 10.1. The Bertz CT molecular complexity index is 1330. The van der Waals surface area contributed by atoms with Crippen LogP contribution in [0.4, 0.5) is 0 Å². The number of carboxylic acid groups (broad SMARTS) is 1. The summed E-state index contributed by atoms with van der Waals surface area (Å²) in [4.78, 5) is 21.5. The highest BCUT2D eigenvalue weighted by atomic mass is 16.5. The molecule has 0 unspecified atom stereocenters. The third-order valence-electron chi connectivity index (χ3n) is 4.68. The van der Waals surface area contributed by atoms with Crippen LogP contribution in [0.15, 0.2) is 68.2 Å². The van der Waals surface area contributed by atoms with Crippen LogP contribution in [-0.2, 0) is 4.79 Å². The smallest absolute Gasteiger partial charge is 0.336 e. The predicted octanol–water partition coefficient (Wildman–Crippen LogP) is 5.46. The van der Waals surface area contributed by atoms with Gasteiger partial charge in [-0.25, -0.2) is 9.59 Å². The van der Waals surface area contributed by atoms with Crippen LogP contribution in [0.3, 0.4) is 0 Å². The van der Waals surface area contributed by atoms with Crippen molar-refractivity contribution in [2.45, 2.75) is 19.8 Å². The average molecular weight is 436 g/mol. The minimum absolute atomic E-state index is 0.220. The summed E-state index contributed by atoms with van der Waals surface area (Å²) in [5.74, 6) is 1.47. The van der Waals surface area contributed by atoms with Crippen molar-refractivity contribution in [3.05, 3.63) is 76.4 Å². The first kappa shape index (κ1) is 22.7. The van der Waals surface area contributed by atoms with Gasteiger partial charge < -0.3 is 23.4 Å². The Hall–Kier alpha value is -4.00. The molecule has 0 saturated carbocycles. The molecule has 2 heterocycles. The number of furan rings is 1. The summed E-state index contributed by atoms with van der Waals surface area (Å²) in [7, 11) is 3.18. The van der Waals surface area contributed by atoms with Gasteiger partial charge in [0.15, 0.2) is 5.75 Å². The topological polar surface area (TPSA) is 99.1 Å². The number of para-hydroxylation sites is 1. The number of fused-ring (bicyclic) bond motifs is 2. The minimum Gasteiger partial charge on any atom is -0.496 e. The van der Waals surface area contributed by atoms with Gasteiger partial charge in [-0.3, -0.25) is 0 Å². The summed E-state index contributed by atoms with van der Waals surface area (Å²) in [6.07, 6.45) is 2.58. The van der Waals surface area contributed by atoms with Crippen molar-refractivity contribution in [3.8, 4) is 11.5 Å². The van der Waals surface area contributed by atoms with Gasteiger partial charge in [0.05, 0.1) is 19.6 Å². The minimum atomic E-state index is -0.967. The van der Waals surface area contributed by atoms with Crippen molar-refractivity contribution in [2.24, 2.45) is 0 Å². The van der Waals surface area contributed by atoms with Crippen LogP contribution < -0.4 is 15.1 Å². The molecule has 2 aromatic heterocycles. The van der Waals surface area contributed by atoms with Gasteiger partial charge >= 0.3 is 11.6 Å². The number of ether oxygens (including phenoxy) is 2. The van der Waals surface area contributed by atoms with Crippen molar-refractivity contribution in [1.29, 1.82) is 0 Å². The molecule has 0 aliphatic heterocycles. The lowest BCUT2D eigenvalue weighted by Crippen LogP contribution is -1.94. The van der Waals surface area contributed by atoms with Gasteiger partial charge in [-0.2, -0.15) is 0 Å². The summed E-state index contributed by atoms with van der Waals surface area (Å²) in [5, 5.41) is 10.2. The Balaban J connectivity index is 0.000000195. The molecule has 7 heteroatoms. The maximum absolute atomic E-state index is 11.2. The third kappa shape index (κ3) is 5.00. The van der Waals surface area contributed by atoms with Crippen LogP contribution in [0, 0.1) is 0 Å². The molecule has 0 atom stereocenters. The van der Waals surface area contributed by atoms with E-state index in [0.717, 1.165) is 33.9 Å². The molecule has 0 fully saturated rings. The second-order valence-corrected chi connectivity index (χ2v) is 7.21. The normalized spacial score (nSPS) is 11.0. The van der Waals surface area contributed by atoms with Gasteiger partial charge in [0.1, 0.15) is 22.7 Å². The van der Waals surface area contributed by atoms with E-state index in [0.29, 0.717) is 16.9 Å². The fraction of sp³-hybridized carbons (Fsp3) is 0.200. The van der Waals surface area contributed by atoms with E-state index in [1.54, 1.807) is 38.5 Å². The maximum atomic E-state index is 11.2. The molecule has 0 aliphatic rings. The molecular formula is C25H24O7. The highest BCUT2D eigenvalue weighted by Crippen LogP contribution is 2.38. The first-order chi connectivity index (χ1) is 15.3. The molecular weight excluding hydrogens is 412 g/mol. The number of hydrogen-bond acceptors (Lipinski definition) is 6. The molecule has 4 aromatic rings. The zero-order chi connectivity index (χ0) is 23.3. The molecule has 0 spiro atoms. The molecule has 166 valence electrons. The number of carboxylic acids is 1. The maximum Gasteiger partial charge on any atom is 0.336 e. The summed E-state index contributed by atoms with van der Waals surface area (Å²) in [5.41, 5.74) is 1.58. The SMILES string of the molecule is COc1c(C(C)C)oc2cc3oc(=O)ccc3cc12.COc1ccccc1C=CC(=O)O. The molecule has 32 heavy (non-hydrogen) atoms. The van der Waals surface area contributed by atoms with E-state index in [1.807, 2.05) is 32.0 Å². The Kier molecular flexibility index (Phi) is 7.00. The van der Waals surface area contributed by atoms with E-state index < -0.39 is 5.97 Å². The lowest BCUT2D eigenvalue weighted by molar-refractivity contribution is -0.131. The van der Waals surface area contributed by atoms with Crippen molar-refractivity contribution in [2.75, 3.05) is 14.2 Å². The van der Waals surface area contributed by atoms with Crippen LogP contribution in [0.1, 0.15) is 31.1 Å². The molecule has 4 rings (SSSR count). The summed E-state index contributed by atoms with van der Waals surface area (Å²) in [6, 6.07) is 14.0. The van der Waals surface area contributed by atoms with Crippen molar-refractivity contribution >= 4 is 34.0 Å². The summed E-state index contributed by atoms with van der Waals surface area (Å²) in [6.45, 7) is 4.08. The first-order valence-electron chi connectivity index (χ1n) is 9.92. The summed E-state index contributed by atoms with van der Waals surface area (Å²) < 4.78 is 21.4. The highest BCUT2D eigenvalue weighted by Gasteiger charge is 2.18. The largest absolute Gasteiger partial charge is 0.496 e. The van der Waals surface area contributed by atoms with Crippen molar-refractivity contribution < 1.29 is 28.2 Å². The van der Waals surface area contributed by atoms with Gasteiger partial charge in [0.2, 0.25) is 0 Å². The summed E-state index contributed by atoms with van der Waals surface area (Å²) >= 11 is 0. The fourth-order valence-corrected chi connectivity index (χ4v) is 3.21. The third-order valence-corrected chi connectivity index (χ3v) is 4.68. The van der Waals surface area contributed by atoms with E-state index in [2.05, 4.69) is 0 Å². The molecule has 1 N–H and O–H groups in total. The van der Waals surface area contributed by atoms with Crippen molar-refractivity contribution in [3.63, 3.8) is 0 Å². The second-order valence-electron chi connectivity index (χ2n) is 7.21. The second kappa shape index (κ2) is 9.87. The Morgan fingerprint density at radius 1 is 1.00 bits per heavy atom. The standard InChI is InChI=1S/C15H14O4.C10H10O3/c1-8(2)14-15(17-3)10-6-9-4-5-13(16)18-11(9)7-12(10)19-14;1-13-9-5-3-2-4-8(9)6-7-10(11)12/h4-8H,1-3H3;2-7H,1H3,(H,11,12). The molecule has 2 aromatic carbocycles. The Morgan fingerprint density at radius 3 is 2.41 bits per heavy atom. The van der Waals surface area contributed by atoms with Gasteiger partial charge in [-0.15, -0.1) is 0 Å². The predicted molar refractivity (Wildman–Crippen MR) is 123 cm³/mol. The lowest BCUT2D eigenvalue weighted by Gasteiger charge is -2.03. The molecule has 0 saturated heterocycles. The molecule has 0 aliphatic carbocycles. The van der Waals surface area contributed by atoms with Crippen LogP contribution in [0.2, 0.25) is 0 Å². The number of benzene rings is 2. The number of aliphatic carboxylic acids is 1. The average Bonchev–Trinajstić information content (AvgIpc) is 3.14. The number of carbonyl (C=O) groups is 1. The van der Waals surface area contributed by atoms with Crippen LogP contribution >= 0.6 is 0 Å². The molecule has 0 radical (unpaired) electrons. The van der Waals surface area contributed by atoms with E-state index >= 15 is 0 Å². The zero-order valence-corrected chi connectivity index (χ0v) is 18.2. The Morgan fingerprint density at radius 2 is 1.75 bits per heavy atom. The van der Waals surface area contributed by atoms with Crippen LogP contribution in [-0.4, -0.2) is 25.3 Å². The highest BCUT2D eigenvalue weighted by molar-refractivity contribution is 5.97. The van der Waals surface area contributed by atoms with E-state index in [-0.39, 0.29) is 11.5 Å². The Labute approximate surface area is 184 Å². The molecule has 7 nitrogen and oxygen atoms in total. The van der Waals surface area contributed by atoms with Gasteiger partial charge in [0, 0.05) is 35.1 Å². The quantitative estimate of drug-likeness (QED) is 0.327. The van der Waals surface area contributed by atoms with E-state index in [1.165, 1.54) is 12.1 Å². The van der Waals surface area contributed by atoms with Gasteiger partial charge in [-0.05, 0) is 24.3 Å². The van der Waals surface area contributed by atoms with Gasteiger partial charge in [0.25, 0.3) is 0 Å². The van der Waals surface area contributed by atoms with Crippen LogP contribution in [0.5, 0.6) is 11.5 Å².